The Kier molecular flexibility index (Phi) is 6.69. The van der Waals surface area contributed by atoms with E-state index in [1.165, 1.54) is 16.3 Å². The molecule has 2 fully saturated rings. The fourth-order valence-electron chi connectivity index (χ4n) is 3.97. The summed E-state index contributed by atoms with van der Waals surface area (Å²) in [7, 11) is 2.06. The summed E-state index contributed by atoms with van der Waals surface area (Å²) in [5.41, 5.74) is 7.36. The zero-order chi connectivity index (χ0) is 20.1. The number of thioether (sulfide) groups is 1. The van der Waals surface area contributed by atoms with E-state index in [1.807, 2.05) is 4.90 Å². The van der Waals surface area contributed by atoms with Crippen molar-refractivity contribution in [2.24, 2.45) is 4.99 Å². The van der Waals surface area contributed by atoms with Crippen LogP contribution in [-0.4, -0.2) is 66.0 Å². The van der Waals surface area contributed by atoms with Crippen molar-refractivity contribution in [3.05, 3.63) is 48.0 Å². The van der Waals surface area contributed by atoms with Crippen LogP contribution in [0.1, 0.15) is 19.8 Å². The molecule has 156 valence electrons. The van der Waals surface area contributed by atoms with Crippen LogP contribution in [0.2, 0.25) is 0 Å². The lowest BCUT2D eigenvalue weighted by molar-refractivity contribution is -0.141. The van der Waals surface area contributed by atoms with Gasteiger partial charge in [0.25, 0.3) is 0 Å². The Morgan fingerprint density at radius 3 is 2.90 bits per heavy atom. The molecule has 0 spiro atoms. The number of aliphatic imine (C=N–C) groups is 1. The van der Waals surface area contributed by atoms with Gasteiger partial charge in [-0.25, -0.2) is 5.43 Å². The van der Waals surface area contributed by atoms with Gasteiger partial charge in [0.1, 0.15) is 0 Å². The van der Waals surface area contributed by atoms with E-state index in [2.05, 4.69) is 70.3 Å². The molecule has 2 aromatic carbocycles. The highest BCUT2D eigenvalue weighted by Crippen LogP contribution is 2.18. The lowest BCUT2D eigenvalue weighted by Crippen LogP contribution is -2.55. The monoisotopic (exact) mass is 413 g/mol. The summed E-state index contributed by atoms with van der Waals surface area (Å²) in [5.74, 6) is 1.12. The van der Waals surface area contributed by atoms with Crippen molar-refractivity contribution in [3.8, 4) is 0 Å². The maximum Gasteiger partial charge on any atom is 0.239 e. The quantitative estimate of drug-likeness (QED) is 0.684. The standard InChI is InChI=1S/C22H29N5OS.H2/c1-26-13-14-27(12-10-17-8-9-18-5-2-3-6-19(18)15-17)21(28)20(26)7-4-11-23-22-25-24-16-29-22;/h2-3,5-6,8-9,15,20,24H,4,7,10-14,16H2,1H3,(H,23,25);1H/t20-;/m0./s1. The lowest BCUT2D eigenvalue weighted by atomic mass is 10.0. The van der Waals surface area contributed by atoms with Crippen LogP contribution in [0.15, 0.2) is 47.5 Å². The van der Waals surface area contributed by atoms with Gasteiger partial charge in [0.2, 0.25) is 5.91 Å². The number of fused-ring (bicyclic) bond motifs is 1. The SMILES string of the molecule is CN1CCN(CCc2ccc3ccccc3c2)C(=O)[C@@H]1CCCN=C1NNCS1.[HH]. The van der Waals surface area contributed by atoms with Crippen molar-refractivity contribution in [1.82, 2.24) is 20.7 Å². The molecule has 4 rings (SSSR count). The van der Waals surface area contributed by atoms with Crippen LogP contribution in [0.5, 0.6) is 0 Å². The molecule has 7 heteroatoms. The molecule has 0 unspecified atom stereocenters. The molecule has 6 nitrogen and oxygen atoms in total. The third kappa shape index (κ3) is 5.10. The second kappa shape index (κ2) is 9.61. The predicted octanol–water partition coefficient (Wildman–Crippen LogP) is 2.71. The molecule has 0 aromatic heterocycles. The Bertz CT molecular complexity index is 885. The molecular formula is C22H31N5OS. The molecule has 2 aromatic rings. The van der Waals surface area contributed by atoms with Crippen LogP contribution in [0, 0.1) is 0 Å². The maximum atomic E-state index is 13.0. The van der Waals surface area contributed by atoms with Crippen molar-refractivity contribution in [1.29, 1.82) is 0 Å². The minimum atomic E-state index is -0.0251. The topological polar surface area (TPSA) is 60.0 Å². The average molecular weight is 414 g/mol. The highest BCUT2D eigenvalue weighted by atomic mass is 32.2. The first kappa shape index (κ1) is 20.2. The number of amides is 1. The molecule has 1 amide bonds. The number of hydrogen-bond donors (Lipinski definition) is 2. The fraction of sp³-hybridized carbons (Fsp3) is 0.455. The Hall–Kier alpha value is -2.09. The zero-order valence-corrected chi connectivity index (χ0v) is 17.8. The van der Waals surface area contributed by atoms with Gasteiger partial charge in [-0.05, 0) is 42.6 Å². The summed E-state index contributed by atoms with van der Waals surface area (Å²) in [5, 5.41) is 3.47. The van der Waals surface area contributed by atoms with E-state index in [9.17, 15) is 4.79 Å². The number of likely N-dealkylation sites (N-methyl/N-ethyl adjacent to an activating group) is 1. The first-order valence-electron chi connectivity index (χ1n) is 10.3. The Labute approximate surface area is 178 Å². The number of piperazine rings is 1. The molecule has 0 saturated carbocycles. The van der Waals surface area contributed by atoms with E-state index < -0.39 is 0 Å². The smallest absolute Gasteiger partial charge is 0.239 e. The van der Waals surface area contributed by atoms with Crippen molar-refractivity contribution in [3.63, 3.8) is 0 Å². The highest BCUT2D eigenvalue weighted by molar-refractivity contribution is 8.14. The first-order chi connectivity index (χ1) is 14.2. The molecule has 0 aliphatic carbocycles. The maximum absolute atomic E-state index is 13.0. The molecule has 2 aliphatic rings. The van der Waals surface area contributed by atoms with E-state index in [-0.39, 0.29) is 13.4 Å². The number of carbonyl (C=O) groups is 1. The second-order valence-corrected chi connectivity index (χ2v) is 8.64. The van der Waals surface area contributed by atoms with Crippen LogP contribution in [0.4, 0.5) is 0 Å². The number of hydrazine groups is 1. The molecule has 1 atom stereocenters. The molecule has 2 aliphatic heterocycles. The largest absolute Gasteiger partial charge is 0.340 e. The van der Waals surface area contributed by atoms with Crippen molar-refractivity contribution < 1.29 is 6.22 Å². The van der Waals surface area contributed by atoms with Crippen molar-refractivity contribution in [2.75, 3.05) is 39.1 Å². The number of benzene rings is 2. The summed E-state index contributed by atoms with van der Waals surface area (Å²) in [6, 6.07) is 15.0. The van der Waals surface area contributed by atoms with Crippen LogP contribution in [-0.2, 0) is 11.2 Å². The molecule has 2 saturated heterocycles. The number of amidine groups is 1. The van der Waals surface area contributed by atoms with E-state index in [0.717, 1.165) is 56.5 Å². The number of rotatable bonds is 7. The van der Waals surface area contributed by atoms with Gasteiger partial charge in [-0.2, -0.15) is 0 Å². The number of hydrogen-bond acceptors (Lipinski definition) is 5. The normalized spacial score (nSPS) is 21.8. The highest BCUT2D eigenvalue weighted by Gasteiger charge is 2.31. The summed E-state index contributed by atoms with van der Waals surface area (Å²) in [6.07, 6.45) is 2.68. The van der Waals surface area contributed by atoms with E-state index in [0.29, 0.717) is 0 Å². The lowest BCUT2D eigenvalue weighted by Gasteiger charge is -2.38. The molecular weight excluding hydrogens is 382 g/mol. The zero-order valence-electron chi connectivity index (χ0n) is 16.9. The third-order valence-corrected chi connectivity index (χ3v) is 6.50. The van der Waals surface area contributed by atoms with Gasteiger partial charge < -0.3 is 4.90 Å². The number of carbonyl (C=O) groups excluding carboxylic acids is 1. The van der Waals surface area contributed by atoms with Gasteiger partial charge in [-0.15, -0.1) is 0 Å². The number of nitrogens with one attached hydrogen (secondary N) is 2. The molecule has 29 heavy (non-hydrogen) atoms. The summed E-state index contributed by atoms with van der Waals surface area (Å²) in [4.78, 5) is 21.8. The van der Waals surface area contributed by atoms with Crippen molar-refractivity contribution >= 4 is 33.6 Å². The van der Waals surface area contributed by atoms with Gasteiger partial charge in [0.05, 0.1) is 11.9 Å². The van der Waals surface area contributed by atoms with Gasteiger partial charge >= 0.3 is 0 Å². The van der Waals surface area contributed by atoms with Crippen LogP contribution in [0.25, 0.3) is 10.8 Å². The Morgan fingerprint density at radius 1 is 1.21 bits per heavy atom. The van der Waals surface area contributed by atoms with Crippen LogP contribution >= 0.6 is 11.8 Å². The first-order valence-corrected chi connectivity index (χ1v) is 11.3. The summed E-state index contributed by atoms with van der Waals surface area (Å²) >= 11 is 1.68. The average Bonchev–Trinajstić information content (AvgIpc) is 3.26. The summed E-state index contributed by atoms with van der Waals surface area (Å²) < 4.78 is 0. The summed E-state index contributed by atoms with van der Waals surface area (Å²) in [6.45, 7) is 3.29. The second-order valence-electron chi connectivity index (χ2n) is 7.67. The molecule has 0 bridgehead atoms. The Balaban J connectivity index is 0.00000256. The molecule has 2 N–H and O–H groups in total. The minimum Gasteiger partial charge on any atom is -0.340 e. The van der Waals surface area contributed by atoms with E-state index >= 15 is 0 Å². The predicted molar refractivity (Wildman–Crippen MR) is 123 cm³/mol. The van der Waals surface area contributed by atoms with Gasteiger partial charge in [-0.3, -0.25) is 20.1 Å². The van der Waals surface area contributed by atoms with E-state index in [4.69, 9.17) is 0 Å². The fourth-order valence-corrected chi connectivity index (χ4v) is 4.58. The Morgan fingerprint density at radius 2 is 2.07 bits per heavy atom. The van der Waals surface area contributed by atoms with Gasteiger partial charge in [-0.1, -0.05) is 54.2 Å². The van der Waals surface area contributed by atoms with Crippen molar-refractivity contribution in [2.45, 2.75) is 25.3 Å². The molecule has 2 heterocycles. The minimum absolute atomic E-state index is 0. The molecule has 0 radical (unpaired) electrons. The number of nitrogens with zero attached hydrogens (tertiary/aromatic N) is 3. The van der Waals surface area contributed by atoms with Crippen LogP contribution < -0.4 is 10.9 Å². The van der Waals surface area contributed by atoms with E-state index in [1.54, 1.807) is 11.8 Å². The van der Waals surface area contributed by atoms with Gasteiger partial charge in [0, 0.05) is 27.6 Å². The van der Waals surface area contributed by atoms with Crippen LogP contribution in [0.3, 0.4) is 0 Å². The van der Waals surface area contributed by atoms with Gasteiger partial charge in [0.15, 0.2) is 5.17 Å². The third-order valence-electron chi connectivity index (χ3n) is 5.70.